The molecule has 0 amide bonds. The van der Waals surface area contributed by atoms with Crippen molar-refractivity contribution in [2.24, 2.45) is 5.92 Å². The zero-order valence-electron chi connectivity index (χ0n) is 18.0. The minimum absolute atomic E-state index is 0.304. The molecule has 0 heterocycles. The summed E-state index contributed by atoms with van der Waals surface area (Å²) in [4.78, 5) is 12.4. The van der Waals surface area contributed by atoms with Crippen molar-refractivity contribution in [1.82, 2.24) is 0 Å². The van der Waals surface area contributed by atoms with Gasteiger partial charge < -0.3 is 4.74 Å². The van der Waals surface area contributed by atoms with Crippen molar-refractivity contribution in [2.75, 3.05) is 0 Å². The number of aryl methyl sites for hydroxylation is 1. The second-order valence-electron chi connectivity index (χ2n) is 8.35. The van der Waals surface area contributed by atoms with E-state index in [9.17, 15) is 4.79 Å². The molecule has 0 aromatic heterocycles. The van der Waals surface area contributed by atoms with E-state index >= 15 is 0 Å². The third kappa shape index (κ3) is 6.59. The summed E-state index contributed by atoms with van der Waals surface area (Å²) < 4.78 is 5.46. The highest BCUT2D eigenvalue weighted by atomic mass is 16.5. The van der Waals surface area contributed by atoms with Crippen molar-refractivity contribution in [3.63, 3.8) is 0 Å². The topological polar surface area (TPSA) is 26.3 Å². The first-order valence-electron chi connectivity index (χ1n) is 11.2. The molecule has 1 unspecified atom stereocenters. The number of carbonyl (C=O) groups is 1. The third-order valence-electron chi connectivity index (χ3n) is 5.96. The highest BCUT2D eigenvalue weighted by Gasteiger charge is 2.16. The average Bonchev–Trinajstić information content (AvgIpc) is 2.76. The number of hydrogen-bond acceptors (Lipinski definition) is 2. The van der Waals surface area contributed by atoms with E-state index in [1.165, 1.54) is 62.5 Å². The van der Waals surface area contributed by atoms with E-state index in [4.69, 9.17) is 4.74 Å². The Bertz CT molecular complexity index is 799. The Kier molecular flexibility index (Phi) is 8.10. The van der Waals surface area contributed by atoms with Crippen LogP contribution in [0.2, 0.25) is 0 Å². The van der Waals surface area contributed by atoms with Crippen LogP contribution >= 0.6 is 0 Å². The number of ether oxygens (including phenoxy) is 1. The van der Waals surface area contributed by atoms with Crippen LogP contribution in [0.1, 0.15) is 86.2 Å². The Labute approximate surface area is 176 Å². The second-order valence-corrected chi connectivity index (χ2v) is 8.35. The van der Waals surface area contributed by atoms with Gasteiger partial charge in [0.15, 0.2) is 0 Å². The lowest BCUT2D eigenvalue weighted by atomic mass is 9.83. The third-order valence-corrected chi connectivity index (χ3v) is 5.96. The van der Waals surface area contributed by atoms with E-state index in [1.54, 1.807) is 0 Å². The standard InChI is InChI=1S/C27H34O2/c1-3-4-5-6-7-8-22-11-13-23(14-12-22)24-15-17-25(18-16-24)27(28)29-26-19-9-21(2)10-20-26/h9-10,13,15-20,22H,3-8,11-12,14H2,1-2H3. The lowest BCUT2D eigenvalue weighted by molar-refractivity contribution is 0.0734. The van der Waals surface area contributed by atoms with E-state index < -0.39 is 0 Å². The Balaban J connectivity index is 1.49. The maximum Gasteiger partial charge on any atom is 0.343 e. The molecule has 2 aromatic carbocycles. The second kappa shape index (κ2) is 11.0. The minimum Gasteiger partial charge on any atom is -0.423 e. The van der Waals surface area contributed by atoms with Gasteiger partial charge in [-0.2, -0.15) is 0 Å². The number of allylic oxidation sites excluding steroid dienone is 2. The zero-order valence-corrected chi connectivity index (χ0v) is 18.0. The first-order chi connectivity index (χ1) is 14.2. The summed E-state index contributed by atoms with van der Waals surface area (Å²) in [6.45, 7) is 4.28. The molecule has 2 nitrogen and oxygen atoms in total. The molecule has 1 atom stereocenters. The summed E-state index contributed by atoms with van der Waals surface area (Å²) in [6, 6.07) is 15.4. The molecule has 154 valence electrons. The van der Waals surface area contributed by atoms with E-state index in [2.05, 4.69) is 25.1 Å². The molecule has 1 aliphatic carbocycles. The Morgan fingerprint density at radius 2 is 1.69 bits per heavy atom. The summed E-state index contributed by atoms with van der Waals surface area (Å²) in [7, 11) is 0. The van der Waals surface area contributed by atoms with E-state index in [-0.39, 0.29) is 5.97 Å². The maximum absolute atomic E-state index is 12.4. The van der Waals surface area contributed by atoms with Gasteiger partial charge in [0.25, 0.3) is 0 Å². The van der Waals surface area contributed by atoms with E-state index in [1.807, 2.05) is 43.3 Å². The molecule has 0 fully saturated rings. The van der Waals surface area contributed by atoms with Crippen LogP contribution in [-0.4, -0.2) is 5.97 Å². The molecular weight excluding hydrogens is 356 g/mol. The van der Waals surface area contributed by atoms with Gasteiger partial charge in [0.05, 0.1) is 5.56 Å². The van der Waals surface area contributed by atoms with Crippen LogP contribution in [0.4, 0.5) is 0 Å². The fourth-order valence-corrected chi connectivity index (χ4v) is 4.04. The summed E-state index contributed by atoms with van der Waals surface area (Å²) in [6.07, 6.45) is 14.3. The van der Waals surface area contributed by atoms with Crippen molar-refractivity contribution >= 4 is 11.5 Å². The molecule has 0 aliphatic heterocycles. The normalized spacial score (nSPS) is 16.3. The summed E-state index contributed by atoms with van der Waals surface area (Å²) in [5.74, 6) is 1.13. The molecule has 0 spiro atoms. The average molecular weight is 391 g/mol. The van der Waals surface area contributed by atoms with Crippen molar-refractivity contribution < 1.29 is 9.53 Å². The molecule has 29 heavy (non-hydrogen) atoms. The maximum atomic E-state index is 12.4. The molecule has 0 radical (unpaired) electrons. The fourth-order valence-electron chi connectivity index (χ4n) is 4.04. The molecule has 2 aromatic rings. The molecule has 1 aliphatic rings. The van der Waals surface area contributed by atoms with Gasteiger partial charge in [0.1, 0.15) is 5.75 Å². The number of hydrogen-bond donors (Lipinski definition) is 0. The minimum atomic E-state index is -0.304. The lowest BCUT2D eigenvalue weighted by Crippen LogP contribution is -2.09. The Morgan fingerprint density at radius 3 is 2.34 bits per heavy atom. The van der Waals surface area contributed by atoms with Gasteiger partial charge in [-0.25, -0.2) is 4.79 Å². The van der Waals surface area contributed by atoms with Gasteiger partial charge in [-0.15, -0.1) is 0 Å². The van der Waals surface area contributed by atoms with E-state index in [0.29, 0.717) is 11.3 Å². The molecule has 0 saturated carbocycles. The Hall–Kier alpha value is -2.35. The van der Waals surface area contributed by atoms with Gasteiger partial charge >= 0.3 is 5.97 Å². The fraction of sp³-hybridized carbons (Fsp3) is 0.444. The summed E-state index contributed by atoms with van der Waals surface area (Å²) in [5, 5.41) is 0. The zero-order chi connectivity index (χ0) is 20.5. The van der Waals surface area contributed by atoms with Gasteiger partial charge in [0, 0.05) is 0 Å². The van der Waals surface area contributed by atoms with Gasteiger partial charge in [-0.05, 0) is 67.5 Å². The monoisotopic (exact) mass is 390 g/mol. The van der Waals surface area contributed by atoms with Crippen molar-refractivity contribution in [1.29, 1.82) is 0 Å². The van der Waals surface area contributed by atoms with Gasteiger partial charge in [0.2, 0.25) is 0 Å². The van der Waals surface area contributed by atoms with Gasteiger partial charge in [-0.3, -0.25) is 0 Å². The summed E-state index contributed by atoms with van der Waals surface area (Å²) >= 11 is 0. The highest BCUT2D eigenvalue weighted by molar-refractivity contribution is 5.91. The van der Waals surface area contributed by atoms with Crippen LogP contribution in [0.25, 0.3) is 5.57 Å². The van der Waals surface area contributed by atoms with Crippen LogP contribution in [0.5, 0.6) is 5.75 Å². The quantitative estimate of drug-likeness (QED) is 0.248. The predicted molar refractivity (Wildman–Crippen MR) is 121 cm³/mol. The molecule has 2 heteroatoms. The van der Waals surface area contributed by atoms with Crippen molar-refractivity contribution in [3.8, 4) is 5.75 Å². The van der Waals surface area contributed by atoms with Crippen LogP contribution in [0.3, 0.4) is 0 Å². The summed E-state index contributed by atoms with van der Waals surface area (Å²) in [5.41, 5.74) is 4.40. The number of unbranched alkanes of at least 4 members (excludes halogenated alkanes) is 4. The van der Waals surface area contributed by atoms with Crippen LogP contribution in [0.15, 0.2) is 54.6 Å². The highest BCUT2D eigenvalue weighted by Crippen LogP contribution is 2.33. The lowest BCUT2D eigenvalue weighted by Gasteiger charge is -2.22. The smallest absolute Gasteiger partial charge is 0.343 e. The SMILES string of the molecule is CCCCCCCC1CC=C(c2ccc(C(=O)Oc3ccc(C)cc3)cc2)CC1. The number of esters is 1. The molecule has 3 rings (SSSR count). The largest absolute Gasteiger partial charge is 0.423 e. The number of rotatable bonds is 9. The predicted octanol–water partition coefficient (Wildman–Crippen LogP) is 7.76. The van der Waals surface area contributed by atoms with Gasteiger partial charge in [-0.1, -0.05) is 81.4 Å². The Morgan fingerprint density at radius 1 is 0.966 bits per heavy atom. The van der Waals surface area contributed by atoms with Crippen LogP contribution in [0, 0.1) is 12.8 Å². The molecular formula is C27H34O2. The first-order valence-corrected chi connectivity index (χ1v) is 11.2. The van der Waals surface area contributed by atoms with E-state index in [0.717, 1.165) is 17.9 Å². The van der Waals surface area contributed by atoms with Crippen molar-refractivity contribution in [3.05, 3.63) is 71.3 Å². The number of benzene rings is 2. The molecule has 0 saturated heterocycles. The van der Waals surface area contributed by atoms with Crippen LogP contribution in [-0.2, 0) is 0 Å². The van der Waals surface area contributed by atoms with Crippen molar-refractivity contribution in [2.45, 2.75) is 71.6 Å². The van der Waals surface area contributed by atoms with Crippen LogP contribution < -0.4 is 4.74 Å². The molecule has 0 bridgehead atoms. The number of carbonyl (C=O) groups excluding carboxylic acids is 1. The first kappa shape index (κ1) is 21.4. The molecule has 0 N–H and O–H groups in total.